The molecule has 6 unspecified atom stereocenters. The minimum atomic E-state index is 0. The van der Waals surface area contributed by atoms with Gasteiger partial charge in [0.15, 0.2) is 0 Å². The molecule has 8 rings (SSSR count). The molecule has 0 bridgehead atoms. The van der Waals surface area contributed by atoms with Gasteiger partial charge in [0.05, 0.1) is 0 Å². The van der Waals surface area contributed by atoms with Crippen molar-refractivity contribution in [2.24, 2.45) is 70.6 Å². The van der Waals surface area contributed by atoms with Gasteiger partial charge in [0.2, 0.25) is 0 Å². The molecule has 0 saturated heterocycles. The van der Waals surface area contributed by atoms with Crippen LogP contribution in [0.25, 0.3) is 0 Å². The summed E-state index contributed by atoms with van der Waals surface area (Å²) in [5.41, 5.74) is 15.4. The van der Waals surface area contributed by atoms with E-state index in [9.17, 15) is 0 Å². The lowest BCUT2D eigenvalue weighted by molar-refractivity contribution is 0.187. The van der Waals surface area contributed by atoms with Gasteiger partial charge in [0.25, 0.3) is 0 Å². The lowest BCUT2D eigenvalue weighted by atomic mass is 9.80. The van der Waals surface area contributed by atoms with Crippen LogP contribution < -0.4 is 85.9 Å². The highest BCUT2D eigenvalue weighted by Gasteiger charge is 2.38. The van der Waals surface area contributed by atoms with Crippen molar-refractivity contribution in [3.8, 4) is 0 Å². The molecule has 8 fully saturated rings. The molecule has 818 valence electrons. The van der Waals surface area contributed by atoms with Crippen molar-refractivity contribution in [2.75, 3.05) is 13.1 Å². The third-order valence-electron chi connectivity index (χ3n) is 23.4. The summed E-state index contributed by atoms with van der Waals surface area (Å²) in [6.45, 7) is 140. The number of hydrogen-bond acceptors (Lipinski definition) is 16. The fourth-order valence-electron chi connectivity index (χ4n) is 14.8. The van der Waals surface area contributed by atoms with Crippen molar-refractivity contribution < 1.29 is 0 Å². The molecule has 8 aliphatic carbocycles. The third-order valence-corrected chi connectivity index (χ3v) is 23.4. The summed E-state index contributed by atoms with van der Waals surface area (Å²) >= 11 is 0. The van der Waals surface area contributed by atoms with Crippen LogP contribution in [-0.4, -0.2) is 175 Å². The number of nitrogens with two attached hydrogens (primary N) is 2. The Labute approximate surface area is 848 Å². The summed E-state index contributed by atoms with van der Waals surface area (Å²) < 4.78 is 0. The van der Waals surface area contributed by atoms with E-state index < -0.39 is 0 Å². The molecule has 0 heterocycles. The average Bonchev–Trinajstić information content (AvgIpc) is 1.54. The molecule has 8 aliphatic rings. The molecule has 0 aliphatic heterocycles. The van der Waals surface area contributed by atoms with Gasteiger partial charge in [-0.05, 0) is 487 Å². The van der Waals surface area contributed by atoms with Gasteiger partial charge < -0.3 is 85.9 Å². The average molecular weight is 1910 g/mol. The quantitative estimate of drug-likeness (QED) is 0.0545. The maximum atomic E-state index is 5.77. The number of hydrogen-bond donors (Lipinski definition) is 16. The molecule has 18 N–H and O–H groups in total. The second kappa shape index (κ2) is 65.8. The molecule has 16 atom stereocenters. The molecule has 16 heteroatoms. The third kappa shape index (κ3) is 107. The normalized spacial score (nSPS) is 25.7. The molecule has 0 aromatic carbocycles. The number of rotatable bonds is 20. The van der Waals surface area contributed by atoms with Crippen LogP contribution in [0.5, 0.6) is 0 Å². The molecule has 0 radical (unpaired) electrons. The summed E-state index contributed by atoms with van der Waals surface area (Å²) in [7, 11) is 0. The molecule has 0 aromatic rings. The van der Waals surface area contributed by atoms with E-state index in [0.717, 1.165) is 121 Å². The first-order chi connectivity index (χ1) is 58.8. The smallest absolute Gasteiger partial charge is 0.0224 e. The van der Waals surface area contributed by atoms with Crippen molar-refractivity contribution in [3.05, 3.63) is 0 Å². The van der Waals surface area contributed by atoms with Gasteiger partial charge in [0, 0.05) is 162 Å². The molecule has 0 spiro atoms. The summed E-state index contributed by atoms with van der Waals surface area (Å²) in [4.78, 5) is 0. The van der Waals surface area contributed by atoms with E-state index in [2.05, 4.69) is 504 Å². The van der Waals surface area contributed by atoms with Crippen LogP contribution in [0.3, 0.4) is 0 Å². The van der Waals surface area contributed by atoms with E-state index in [-0.39, 0.29) is 51.7 Å². The second-order valence-electron chi connectivity index (χ2n) is 59.3. The van der Waals surface area contributed by atoms with Crippen LogP contribution in [0, 0.1) is 59.2 Å². The minimum Gasteiger partial charge on any atom is -0.328 e. The summed E-state index contributed by atoms with van der Waals surface area (Å²) in [6, 6.07) is 9.43. The zero-order valence-electron chi connectivity index (χ0n) is 103. The van der Waals surface area contributed by atoms with Gasteiger partial charge in [0.1, 0.15) is 0 Å². The van der Waals surface area contributed by atoms with Crippen LogP contribution in [0.15, 0.2) is 0 Å². The van der Waals surface area contributed by atoms with Crippen molar-refractivity contribution in [1.29, 1.82) is 0 Å². The van der Waals surface area contributed by atoms with Gasteiger partial charge in [-0.2, -0.15) is 0 Å². The fraction of sp³-hybridized carbons (Fsp3) is 1.00. The van der Waals surface area contributed by atoms with Crippen molar-refractivity contribution in [1.82, 2.24) is 74.4 Å². The minimum absolute atomic E-state index is 0. The predicted molar refractivity (Wildman–Crippen MR) is 616 cm³/mol. The Morgan fingerprint density at radius 2 is 0.448 bits per heavy atom. The van der Waals surface area contributed by atoms with E-state index in [1.54, 1.807) is 0 Å². The van der Waals surface area contributed by atoms with E-state index in [1.807, 2.05) is 0 Å². The highest BCUT2D eigenvalue weighted by molar-refractivity contribution is 4.98. The van der Waals surface area contributed by atoms with Crippen LogP contribution in [0.1, 0.15) is 533 Å². The Balaban J connectivity index is -0.000000259. The Morgan fingerprint density at radius 1 is 0.239 bits per heavy atom. The molecule has 134 heavy (non-hydrogen) atoms. The number of nitrogens with one attached hydrogen (secondary N) is 14. The van der Waals surface area contributed by atoms with Gasteiger partial charge >= 0.3 is 0 Å². The topological polar surface area (TPSA) is 220 Å². The standard InChI is InChI=1S/3C9H19N.2C9H21N.2C8H18N2.3C8H17N.4C8H19N.CH4/c1-7-5-8(6-7)10-9(2,3)4;2*1-7-5-6-8(7)10-9(2,3)4;2*1-7(2)8(3)10-9(4,5)6;1-8(2,3)10-7-4-6(9)5-7;1-8(2,3)10-7-5-4-6(7)9;3*1-6-5-7(6)9-8(2,3)4;2*1-7(2)6-9-8(3,4)5;2*1-6-7(2)9-8(3,4)5;/h3*7-8,10H,5-6H2,1-4H3;2*7-8,10H,1-6H3;2*6-7,10H,4-5,9H2,1-3H3;3*6-7,9H,5H2,1-4H3;4*7,9H,6H2,1-5H3;1H4/t;2*7-,8?;2*8-;;4*6-,7?;;;2*7-;/m.1010.1110..10./s1. The largest absolute Gasteiger partial charge is 0.328 e. The Morgan fingerprint density at radius 3 is 0.530 bits per heavy atom. The predicted octanol–water partition coefficient (Wildman–Crippen LogP) is 27.5. The Bertz CT molecular complexity index is 2420. The van der Waals surface area contributed by atoms with Crippen molar-refractivity contribution in [2.45, 2.75) is 695 Å². The van der Waals surface area contributed by atoms with Crippen LogP contribution in [0.2, 0.25) is 0 Å². The maximum Gasteiger partial charge on any atom is 0.0224 e. The van der Waals surface area contributed by atoms with E-state index in [0.29, 0.717) is 81.6 Å². The molecule has 0 aromatic heterocycles. The Hall–Kier alpha value is -0.640. The zero-order valence-corrected chi connectivity index (χ0v) is 103. The fourth-order valence-corrected chi connectivity index (χ4v) is 14.8. The van der Waals surface area contributed by atoms with Crippen LogP contribution in [-0.2, 0) is 0 Å². The van der Waals surface area contributed by atoms with Crippen LogP contribution in [0.4, 0.5) is 0 Å². The summed E-state index contributed by atoms with van der Waals surface area (Å²) in [5.74, 6) is 8.47. The van der Waals surface area contributed by atoms with Crippen molar-refractivity contribution in [3.63, 3.8) is 0 Å². The van der Waals surface area contributed by atoms with Gasteiger partial charge in [-0.3, -0.25) is 0 Å². The molecular weight excluding hydrogens is 1640 g/mol. The van der Waals surface area contributed by atoms with E-state index in [4.69, 9.17) is 11.5 Å². The first kappa shape index (κ1) is 146. The zero-order chi connectivity index (χ0) is 107. The molecule has 0 amide bonds. The van der Waals surface area contributed by atoms with Gasteiger partial charge in [-0.1, -0.05) is 118 Å². The van der Waals surface area contributed by atoms with Crippen molar-refractivity contribution >= 4 is 0 Å². The molecule has 16 nitrogen and oxygen atoms in total. The lowest BCUT2D eigenvalue weighted by Crippen LogP contribution is -2.58. The maximum absolute atomic E-state index is 5.77. The summed E-state index contributed by atoms with van der Waals surface area (Å²) in [5, 5.41) is 49.2. The Kier molecular flexibility index (Phi) is 71.8. The molecule has 8 saturated carbocycles. The molecular formula is C118H266N16. The van der Waals surface area contributed by atoms with E-state index in [1.165, 1.54) is 83.5 Å². The van der Waals surface area contributed by atoms with E-state index >= 15 is 0 Å². The SMILES string of the molecule is C.CC(C)(C)NC1CC(N)C1.CC(C)(C)NC1CC[C@H]1N.CC(C)CNC(C)(C)C.CC(C)CNC(C)(C)C.CC(C)[C@@H](C)NC(C)(C)C.CC(C)[C@H](C)NC(C)(C)C.CC1CC(NC(C)(C)C)C1.CC[C@@H](C)NC(C)(C)C.CC[C@H](C)NC(C)(C)C.C[C@@H]1CC1NC(C)(C)C.C[C@@H]1CC1NC(C)(C)C.C[C@@H]1CCC1NC(C)(C)C.C[C@H]1CC1NC(C)(C)C.C[C@H]1CCC1NC(C)(C)C. The highest BCUT2D eigenvalue weighted by Crippen LogP contribution is 2.34. The highest BCUT2D eigenvalue weighted by atomic mass is 15.1. The first-order valence-electron chi connectivity index (χ1n) is 55.1. The second-order valence-corrected chi connectivity index (χ2v) is 59.3. The summed E-state index contributed by atoms with van der Waals surface area (Å²) in [6.07, 6.45) is 19.6. The van der Waals surface area contributed by atoms with Gasteiger partial charge in [-0.15, -0.1) is 0 Å². The lowest BCUT2D eigenvalue weighted by Gasteiger charge is -2.39. The first-order valence-corrected chi connectivity index (χ1v) is 55.1. The monoisotopic (exact) mass is 1910 g/mol. The van der Waals surface area contributed by atoms with Gasteiger partial charge in [-0.25, -0.2) is 0 Å². The van der Waals surface area contributed by atoms with Crippen LogP contribution >= 0.6 is 0 Å².